The van der Waals surface area contributed by atoms with E-state index in [9.17, 15) is 4.39 Å². The monoisotopic (exact) mass is 530 g/mol. The fraction of sp³-hybridized carbons (Fsp3) is 0.412. The van der Waals surface area contributed by atoms with Gasteiger partial charge in [-0.2, -0.15) is 0 Å². The fourth-order valence-corrected chi connectivity index (χ4v) is 4.65. The van der Waals surface area contributed by atoms with Crippen molar-refractivity contribution >= 4 is 0 Å². The molecule has 0 saturated heterocycles. The van der Waals surface area contributed by atoms with E-state index in [-0.39, 0.29) is 26.0 Å². The molecule has 2 aromatic rings. The molecule has 0 N–H and O–H groups in total. The third-order valence-electron chi connectivity index (χ3n) is 6.87. The van der Waals surface area contributed by atoms with E-state index >= 15 is 0 Å². The highest BCUT2D eigenvalue weighted by Gasteiger charge is 2.20. The van der Waals surface area contributed by atoms with Crippen LogP contribution in [-0.4, -0.2) is 20.2 Å². The van der Waals surface area contributed by atoms with Crippen LogP contribution in [0, 0.1) is 41.3 Å². The maximum absolute atomic E-state index is 14.5. The molecule has 0 heterocycles. The van der Waals surface area contributed by atoms with Crippen molar-refractivity contribution in [3.05, 3.63) is 95.2 Å². The van der Waals surface area contributed by atoms with Crippen molar-refractivity contribution < 1.29 is 23.3 Å². The second kappa shape index (κ2) is 16.5. The third kappa shape index (κ3) is 9.63. The van der Waals surface area contributed by atoms with Gasteiger partial charge < -0.3 is 18.9 Å². The molecule has 1 aliphatic rings. The molecular formula is C34H39FO4. The zero-order valence-corrected chi connectivity index (χ0v) is 23.2. The molecule has 0 unspecified atom stereocenters. The van der Waals surface area contributed by atoms with Crippen LogP contribution in [0.2, 0.25) is 0 Å². The molecule has 2 aromatic carbocycles. The van der Waals surface area contributed by atoms with Crippen LogP contribution in [-0.2, 0) is 38.4 Å². The summed E-state index contributed by atoms with van der Waals surface area (Å²) in [5.74, 6) is 14.1. The fourth-order valence-electron chi connectivity index (χ4n) is 4.65. The maximum Gasteiger partial charge on any atom is 0.188 e. The van der Waals surface area contributed by atoms with E-state index in [2.05, 4.69) is 62.8 Å². The largest absolute Gasteiger partial charge is 0.476 e. The minimum absolute atomic E-state index is 0.0356. The zero-order chi connectivity index (χ0) is 27.9. The van der Waals surface area contributed by atoms with Gasteiger partial charge in [0.25, 0.3) is 0 Å². The van der Waals surface area contributed by atoms with E-state index in [1.54, 1.807) is 6.07 Å². The Morgan fingerprint density at radius 2 is 1.49 bits per heavy atom. The number of halogens is 1. The molecule has 206 valence electrons. The number of ether oxygens (including phenoxy) is 4. The van der Waals surface area contributed by atoms with E-state index < -0.39 is 0 Å². The van der Waals surface area contributed by atoms with E-state index in [4.69, 9.17) is 18.9 Å². The highest BCUT2D eigenvalue weighted by molar-refractivity contribution is 5.55. The Kier molecular flexibility index (Phi) is 12.7. The molecule has 0 amide bonds. The highest BCUT2D eigenvalue weighted by atomic mass is 19.1. The second-order valence-electron chi connectivity index (χ2n) is 9.54. The van der Waals surface area contributed by atoms with Crippen molar-refractivity contribution in [1.29, 1.82) is 0 Å². The molecule has 0 bridgehead atoms. The summed E-state index contributed by atoms with van der Waals surface area (Å²) in [6.07, 6.45) is 8.84. The molecule has 39 heavy (non-hydrogen) atoms. The summed E-state index contributed by atoms with van der Waals surface area (Å²) in [5.41, 5.74) is 5.47. The first-order valence-electron chi connectivity index (χ1n) is 13.7. The van der Waals surface area contributed by atoms with Gasteiger partial charge in [-0.1, -0.05) is 56.8 Å². The van der Waals surface area contributed by atoms with E-state index in [1.807, 2.05) is 6.07 Å². The zero-order valence-electron chi connectivity index (χ0n) is 23.2. The Hall–Kier alpha value is -3.51. The average molecular weight is 531 g/mol. The molecule has 0 atom stereocenters. The van der Waals surface area contributed by atoms with E-state index in [0.29, 0.717) is 23.0 Å². The molecular weight excluding hydrogens is 491 g/mol. The van der Waals surface area contributed by atoms with Gasteiger partial charge in [0, 0.05) is 28.2 Å². The Morgan fingerprint density at radius 3 is 2.10 bits per heavy atom. The molecule has 0 spiro atoms. The molecule has 1 aliphatic carbocycles. The Labute approximate surface area is 233 Å². The lowest BCUT2D eigenvalue weighted by atomic mass is 9.82. The van der Waals surface area contributed by atoms with Crippen molar-refractivity contribution in [3.63, 3.8) is 0 Å². The SMILES string of the molecule is C=COCOCc1ccc(C#Cc2c(CC)cc(C#CC3CCC(COCOC=C)CC3)cc2CC)cc1F. The molecule has 0 aromatic heterocycles. The van der Waals surface area contributed by atoms with Crippen molar-refractivity contribution in [1.82, 2.24) is 0 Å². The normalized spacial score (nSPS) is 16.3. The van der Waals surface area contributed by atoms with Gasteiger partial charge in [0.05, 0.1) is 25.7 Å². The van der Waals surface area contributed by atoms with Crippen molar-refractivity contribution in [2.24, 2.45) is 11.8 Å². The molecule has 5 heteroatoms. The van der Waals surface area contributed by atoms with Crippen LogP contribution in [0.4, 0.5) is 4.39 Å². The first kappa shape index (κ1) is 30.0. The first-order valence-corrected chi connectivity index (χ1v) is 13.7. The summed E-state index contributed by atoms with van der Waals surface area (Å²) in [6.45, 7) is 12.4. The maximum atomic E-state index is 14.5. The van der Waals surface area contributed by atoms with Crippen molar-refractivity contribution in [3.8, 4) is 23.7 Å². The summed E-state index contributed by atoms with van der Waals surface area (Å²) < 4.78 is 35.3. The Bertz CT molecular complexity index is 1190. The molecule has 0 aliphatic heterocycles. The molecule has 3 rings (SSSR count). The van der Waals surface area contributed by atoms with Crippen LogP contribution in [0.3, 0.4) is 0 Å². The number of hydrogen-bond acceptors (Lipinski definition) is 4. The lowest BCUT2D eigenvalue weighted by Gasteiger charge is -2.25. The van der Waals surface area contributed by atoms with Crippen LogP contribution in [0.15, 0.2) is 56.0 Å². The summed E-state index contributed by atoms with van der Waals surface area (Å²) in [7, 11) is 0. The predicted octanol–water partition coefficient (Wildman–Crippen LogP) is 7.28. The van der Waals surface area contributed by atoms with Gasteiger partial charge in [0.2, 0.25) is 0 Å². The quantitative estimate of drug-likeness (QED) is 0.125. The summed E-state index contributed by atoms with van der Waals surface area (Å²) >= 11 is 0. The third-order valence-corrected chi connectivity index (χ3v) is 6.87. The minimum atomic E-state index is -0.347. The summed E-state index contributed by atoms with van der Waals surface area (Å²) in [5, 5.41) is 0. The van der Waals surface area contributed by atoms with Crippen molar-refractivity contribution in [2.45, 2.75) is 59.0 Å². The molecule has 1 fully saturated rings. The van der Waals surface area contributed by atoms with Crippen LogP contribution in [0.5, 0.6) is 0 Å². The standard InChI is InChI=1S/C34H39FO4/c1-5-30-19-29(14-11-26-9-12-28(13-10-26)22-38-24-36-7-3)20-31(6-2)33(30)18-16-27-15-17-32(34(35)21-27)23-39-25-37-8-4/h7-8,15,17,19-21,26,28H,3-6,9-10,12-13,22-25H2,1-2H3. The van der Waals surface area contributed by atoms with Gasteiger partial charge in [-0.25, -0.2) is 4.39 Å². The van der Waals surface area contributed by atoms with Gasteiger partial charge in [-0.3, -0.25) is 0 Å². The van der Waals surface area contributed by atoms with Gasteiger partial charge in [-0.15, -0.1) is 0 Å². The summed E-state index contributed by atoms with van der Waals surface area (Å²) in [6, 6.07) is 9.28. The molecule has 1 saturated carbocycles. The highest BCUT2D eigenvalue weighted by Crippen LogP contribution is 2.29. The number of aryl methyl sites for hydroxylation is 2. The van der Waals surface area contributed by atoms with Crippen LogP contribution in [0.1, 0.15) is 72.9 Å². The van der Waals surface area contributed by atoms with Crippen molar-refractivity contribution in [2.75, 3.05) is 20.2 Å². The molecule has 4 nitrogen and oxygen atoms in total. The lowest BCUT2D eigenvalue weighted by molar-refractivity contribution is -0.0312. The predicted molar refractivity (Wildman–Crippen MR) is 153 cm³/mol. The van der Waals surface area contributed by atoms with E-state index in [0.717, 1.165) is 56.3 Å². The first-order chi connectivity index (χ1) is 19.1. The van der Waals surface area contributed by atoms with Gasteiger partial charge in [0.1, 0.15) is 5.82 Å². The number of benzene rings is 2. The Morgan fingerprint density at radius 1 is 0.821 bits per heavy atom. The molecule has 0 radical (unpaired) electrons. The van der Waals surface area contributed by atoms with Crippen LogP contribution < -0.4 is 0 Å². The lowest BCUT2D eigenvalue weighted by Crippen LogP contribution is -2.18. The average Bonchev–Trinajstić information content (AvgIpc) is 2.96. The Balaban J connectivity index is 1.67. The number of hydrogen-bond donors (Lipinski definition) is 0. The smallest absolute Gasteiger partial charge is 0.188 e. The number of rotatable bonds is 12. The topological polar surface area (TPSA) is 36.9 Å². The van der Waals surface area contributed by atoms with Crippen LogP contribution in [0.25, 0.3) is 0 Å². The van der Waals surface area contributed by atoms with Gasteiger partial charge >= 0.3 is 0 Å². The summed E-state index contributed by atoms with van der Waals surface area (Å²) in [4.78, 5) is 0. The minimum Gasteiger partial charge on any atom is -0.476 e. The van der Waals surface area contributed by atoms with Gasteiger partial charge in [-0.05, 0) is 79.8 Å². The van der Waals surface area contributed by atoms with E-state index in [1.165, 1.54) is 29.7 Å². The van der Waals surface area contributed by atoms with Crippen LogP contribution >= 0.6 is 0 Å². The second-order valence-corrected chi connectivity index (χ2v) is 9.54. The van der Waals surface area contributed by atoms with Gasteiger partial charge in [0.15, 0.2) is 13.6 Å².